The molecule has 0 saturated carbocycles. The summed E-state index contributed by atoms with van der Waals surface area (Å²) in [6.45, 7) is 6.18. The molecule has 4 aromatic rings. The Morgan fingerprint density at radius 3 is 2.62 bits per heavy atom. The predicted molar refractivity (Wildman–Crippen MR) is 121 cm³/mol. The molecule has 0 N–H and O–H groups in total. The highest BCUT2D eigenvalue weighted by Gasteiger charge is 2.20. The van der Waals surface area contributed by atoms with Crippen LogP contribution in [0.5, 0.6) is 0 Å². The molecule has 0 fully saturated rings. The van der Waals surface area contributed by atoms with Crippen molar-refractivity contribution in [3.05, 3.63) is 54.1 Å². The second-order valence-electron chi connectivity index (χ2n) is 7.17. The van der Waals surface area contributed by atoms with Crippen molar-refractivity contribution < 1.29 is 9.21 Å². The van der Waals surface area contributed by atoms with Gasteiger partial charge in [-0.3, -0.25) is 4.79 Å². The number of hydrogen-bond donors (Lipinski definition) is 0. The first-order chi connectivity index (χ1) is 14.0. The van der Waals surface area contributed by atoms with Crippen LogP contribution in [0.1, 0.15) is 31.1 Å². The Kier molecular flexibility index (Phi) is 5.28. The summed E-state index contributed by atoms with van der Waals surface area (Å²) in [5, 5.41) is 1.08. The first-order valence-corrected chi connectivity index (χ1v) is 10.7. The van der Waals surface area contributed by atoms with Crippen molar-refractivity contribution >= 4 is 44.7 Å². The monoisotopic (exact) mass is 405 g/mol. The molecule has 0 amide bonds. The van der Waals surface area contributed by atoms with E-state index in [0.29, 0.717) is 22.5 Å². The molecular weight excluding hydrogens is 382 g/mol. The molecule has 0 radical (unpaired) electrons. The quantitative estimate of drug-likeness (QED) is 0.419. The van der Waals surface area contributed by atoms with Crippen LogP contribution in [0.25, 0.3) is 33.5 Å². The molecule has 0 aliphatic carbocycles. The zero-order valence-corrected chi connectivity index (χ0v) is 17.8. The number of nitrogens with zero attached hydrogens (tertiary/aromatic N) is 3. The number of carbonyl (C=O) groups excluding carboxylic acids is 1. The van der Waals surface area contributed by atoms with Gasteiger partial charge in [0.05, 0.1) is 11.0 Å². The summed E-state index contributed by atoms with van der Waals surface area (Å²) in [5.41, 5.74) is 3.61. The van der Waals surface area contributed by atoms with Gasteiger partial charge in [0.2, 0.25) is 5.12 Å². The third-order valence-corrected chi connectivity index (χ3v) is 5.71. The zero-order chi connectivity index (χ0) is 20.5. The van der Waals surface area contributed by atoms with E-state index in [4.69, 9.17) is 14.4 Å². The van der Waals surface area contributed by atoms with E-state index in [2.05, 4.69) is 18.7 Å². The van der Waals surface area contributed by atoms with E-state index in [1.54, 1.807) is 0 Å². The molecule has 2 aromatic carbocycles. The largest absolute Gasteiger partial charge is 0.454 e. The van der Waals surface area contributed by atoms with Gasteiger partial charge in [-0.15, -0.1) is 0 Å². The van der Waals surface area contributed by atoms with Crippen LogP contribution in [-0.4, -0.2) is 33.9 Å². The maximum atomic E-state index is 12.3. The minimum atomic E-state index is 0.0522. The van der Waals surface area contributed by atoms with E-state index in [-0.39, 0.29) is 11.2 Å². The number of para-hydroxylation sites is 1. The fourth-order valence-electron chi connectivity index (χ4n) is 3.14. The normalized spacial score (nSPS) is 11.5. The van der Waals surface area contributed by atoms with Crippen molar-refractivity contribution in [2.45, 2.75) is 26.8 Å². The molecule has 0 saturated heterocycles. The lowest BCUT2D eigenvalue weighted by molar-refractivity contribution is 0.108. The number of aromatic nitrogens is 2. The minimum absolute atomic E-state index is 0.0522. The van der Waals surface area contributed by atoms with E-state index in [9.17, 15) is 4.79 Å². The molecule has 0 unspecified atom stereocenters. The molecule has 148 valence electrons. The molecule has 2 heterocycles. The molecule has 0 bridgehead atoms. The molecule has 6 heteroatoms. The van der Waals surface area contributed by atoms with Gasteiger partial charge in [0, 0.05) is 24.0 Å². The van der Waals surface area contributed by atoms with Crippen molar-refractivity contribution in [2.75, 3.05) is 17.7 Å². The SMILES string of the molecule is CCSC(=O)c1ccc2nc(-c3cc4ccccc4o3)c(N(C)C(C)C)nc2c1. The van der Waals surface area contributed by atoms with E-state index < -0.39 is 0 Å². The molecule has 2 aromatic heterocycles. The molecule has 0 aliphatic heterocycles. The lowest BCUT2D eigenvalue weighted by Gasteiger charge is -2.24. The second kappa shape index (κ2) is 7.87. The van der Waals surface area contributed by atoms with Crippen LogP contribution in [0.15, 0.2) is 52.9 Å². The molecule has 5 nitrogen and oxygen atoms in total. The van der Waals surface area contributed by atoms with Crippen LogP contribution < -0.4 is 4.90 Å². The Morgan fingerprint density at radius 1 is 1.10 bits per heavy atom. The van der Waals surface area contributed by atoms with Gasteiger partial charge in [0.1, 0.15) is 11.3 Å². The summed E-state index contributed by atoms with van der Waals surface area (Å²) in [6, 6.07) is 15.6. The van der Waals surface area contributed by atoms with E-state index in [0.717, 1.165) is 28.1 Å². The van der Waals surface area contributed by atoms with Gasteiger partial charge in [0.15, 0.2) is 11.6 Å². The van der Waals surface area contributed by atoms with Gasteiger partial charge in [-0.2, -0.15) is 0 Å². The number of carbonyl (C=O) groups is 1. The molecule has 4 rings (SSSR count). The topological polar surface area (TPSA) is 59.2 Å². The number of fused-ring (bicyclic) bond motifs is 2. The summed E-state index contributed by atoms with van der Waals surface area (Å²) in [7, 11) is 1.99. The third kappa shape index (κ3) is 3.72. The van der Waals surface area contributed by atoms with Crippen molar-refractivity contribution in [1.82, 2.24) is 9.97 Å². The van der Waals surface area contributed by atoms with Gasteiger partial charge in [-0.25, -0.2) is 9.97 Å². The average Bonchev–Trinajstić information content (AvgIpc) is 3.16. The summed E-state index contributed by atoms with van der Waals surface area (Å²) in [5.74, 6) is 2.17. The second-order valence-corrected chi connectivity index (χ2v) is 8.41. The Hall–Kier alpha value is -2.86. The van der Waals surface area contributed by atoms with E-state index >= 15 is 0 Å². The fraction of sp³-hybridized carbons (Fsp3) is 0.261. The van der Waals surface area contributed by atoms with Crippen LogP contribution >= 0.6 is 11.8 Å². The van der Waals surface area contributed by atoms with Crippen LogP contribution in [0.2, 0.25) is 0 Å². The summed E-state index contributed by atoms with van der Waals surface area (Å²) in [6.07, 6.45) is 0. The van der Waals surface area contributed by atoms with E-state index in [1.165, 1.54) is 11.8 Å². The van der Waals surface area contributed by atoms with Crippen molar-refractivity contribution in [1.29, 1.82) is 0 Å². The number of rotatable bonds is 5. The van der Waals surface area contributed by atoms with E-state index in [1.807, 2.05) is 62.5 Å². The van der Waals surface area contributed by atoms with Crippen molar-refractivity contribution in [3.63, 3.8) is 0 Å². The number of hydrogen-bond acceptors (Lipinski definition) is 6. The number of anilines is 1. The van der Waals surface area contributed by atoms with Crippen molar-refractivity contribution in [3.8, 4) is 11.5 Å². The van der Waals surface area contributed by atoms with Crippen LogP contribution in [0.3, 0.4) is 0 Å². The van der Waals surface area contributed by atoms with Crippen LogP contribution in [0, 0.1) is 0 Å². The lowest BCUT2D eigenvalue weighted by atomic mass is 10.2. The summed E-state index contributed by atoms with van der Waals surface area (Å²) < 4.78 is 6.08. The van der Waals surface area contributed by atoms with Crippen molar-refractivity contribution in [2.24, 2.45) is 0 Å². The molecular formula is C23H23N3O2S. The molecule has 0 atom stereocenters. The maximum absolute atomic E-state index is 12.3. The smallest absolute Gasteiger partial charge is 0.219 e. The van der Waals surface area contributed by atoms with Gasteiger partial charge in [0.25, 0.3) is 0 Å². The summed E-state index contributed by atoms with van der Waals surface area (Å²) >= 11 is 1.30. The van der Waals surface area contributed by atoms with Gasteiger partial charge < -0.3 is 9.32 Å². The Balaban J connectivity index is 1.91. The first-order valence-electron chi connectivity index (χ1n) is 9.68. The highest BCUT2D eigenvalue weighted by Crippen LogP contribution is 2.34. The van der Waals surface area contributed by atoms with Gasteiger partial charge in [-0.1, -0.05) is 36.9 Å². The Bertz CT molecular complexity index is 1170. The number of furan rings is 1. The molecule has 29 heavy (non-hydrogen) atoms. The predicted octanol–water partition coefficient (Wildman–Crippen LogP) is 5.78. The maximum Gasteiger partial charge on any atom is 0.219 e. The number of benzene rings is 2. The minimum Gasteiger partial charge on any atom is -0.454 e. The zero-order valence-electron chi connectivity index (χ0n) is 17.0. The molecule has 0 spiro atoms. The highest BCUT2D eigenvalue weighted by molar-refractivity contribution is 8.14. The highest BCUT2D eigenvalue weighted by atomic mass is 32.2. The molecule has 0 aliphatic rings. The van der Waals surface area contributed by atoms with Crippen LogP contribution in [0.4, 0.5) is 5.82 Å². The lowest BCUT2D eigenvalue weighted by Crippen LogP contribution is -2.27. The number of thioether (sulfide) groups is 1. The Morgan fingerprint density at radius 2 is 1.90 bits per heavy atom. The Labute approximate surface area is 174 Å². The van der Waals surface area contributed by atoms with Gasteiger partial charge >= 0.3 is 0 Å². The first kappa shape index (κ1) is 19.5. The standard InChI is InChI=1S/C23H23N3O2S/c1-5-29-23(27)16-10-11-17-18(12-16)25-22(26(4)14(2)3)21(24-17)20-13-15-8-6-7-9-19(15)28-20/h6-14H,5H2,1-4H3. The average molecular weight is 406 g/mol. The fourth-order valence-corrected chi connectivity index (χ4v) is 3.70. The third-order valence-electron chi connectivity index (χ3n) is 4.92. The van der Waals surface area contributed by atoms with Crippen LogP contribution in [-0.2, 0) is 0 Å². The van der Waals surface area contributed by atoms with Gasteiger partial charge in [-0.05, 0) is 49.9 Å². The summed E-state index contributed by atoms with van der Waals surface area (Å²) in [4.78, 5) is 24.1.